The Morgan fingerprint density at radius 1 is 1.25 bits per heavy atom. The number of rotatable bonds is 3. The lowest BCUT2D eigenvalue weighted by atomic mass is 9.64. The van der Waals surface area contributed by atoms with Crippen molar-refractivity contribution < 1.29 is 14.3 Å². The largest absolute Gasteiger partial charge is 0.496 e. The van der Waals surface area contributed by atoms with Crippen LogP contribution in [0.25, 0.3) is 0 Å². The predicted molar refractivity (Wildman–Crippen MR) is 60.5 cm³/mol. The highest BCUT2D eigenvalue weighted by Gasteiger charge is 2.48. The van der Waals surface area contributed by atoms with Gasteiger partial charge in [0, 0.05) is 5.56 Å². The van der Waals surface area contributed by atoms with Gasteiger partial charge in [0.25, 0.3) is 0 Å². The first-order valence-corrected chi connectivity index (χ1v) is 5.46. The quantitative estimate of drug-likeness (QED) is 0.733. The third-order valence-corrected chi connectivity index (χ3v) is 3.41. The normalized spacial score (nSPS) is 17.4. The van der Waals surface area contributed by atoms with Crippen LogP contribution in [0.15, 0.2) is 24.3 Å². The maximum Gasteiger partial charge on any atom is 0.316 e. The molecule has 3 nitrogen and oxygen atoms in total. The molecule has 0 amide bonds. The number of hydrogen-bond donors (Lipinski definition) is 0. The topological polar surface area (TPSA) is 35.5 Å². The van der Waals surface area contributed by atoms with Crippen molar-refractivity contribution in [2.24, 2.45) is 0 Å². The Bertz CT molecular complexity index is 394. The van der Waals surface area contributed by atoms with Crippen molar-refractivity contribution in [3.8, 4) is 5.75 Å². The van der Waals surface area contributed by atoms with Crippen molar-refractivity contribution in [3.05, 3.63) is 29.8 Å². The Morgan fingerprint density at radius 2 is 1.94 bits per heavy atom. The Labute approximate surface area is 95.4 Å². The average molecular weight is 220 g/mol. The Kier molecular flexibility index (Phi) is 2.86. The number of hydrogen-bond acceptors (Lipinski definition) is 3. The molecule has 0 N–H and O–H groups in total. The smallest absolute Gasteiger partial charge is 0.316 e. The van der Waals surface area contributed by atoms with Crippen LogP contribution < -0.4 is 4.74 Å². The molecule has 16 heavy (non-hydrogen) atoms. The van der Waals surface area contributed by atoms with Crippen molar-refractivity contribution >= 4 is 5.97 Å². The van der Waals surface area contributed by atoms with E-state index in [0.717, 1.165) is 30.6 Å². The van der Waals surface area contributed by atoms with Gasteiger partial charge in [0.2, 0.25) is 0 Å². The molecule has 1 aliphatic carbocycles. The summed E-state index contributed by atoms with van der Waals surface area (Å²) in [5.74, 6) is 0.621. The van der Waals surface area contributed by atoms with E-state index in [9.17, 15) is 4.79 Å². The summed E-state index contributed by atoms with van der Waals surface area (Å²) >= 11 is 0. The Morgan fingerprint density at radius 3 is 2.44 bits per heavy atom. The van der Waals surface area contributed by atoms with Gasteiger partial charge < -0.3 is 9.47 Å². The molecule has 0 radical (unpaired) electrons. The standard InChI is InChI=1S/C13H16O3/c1-15-11-7-4-3-6-10(11)13(8-5-9-13)12(14)16-2/h3-4,6-7H,5,8-9H2,1-2H3. The van der Waals surface area contributed by atoms with E-state index in [1.165, 1.54) is 7.11 Å². The molecular formula is C13H16O3. The fourth-order valence-electron chi connectivity index (χ4n) is 2.35. The zero-order valence-corrected chi connectivity index (χ0v) is 9.66. The summed E-state index contributed by atoms with van der Waals surface area (Å²) in [5.41, 5.74) is 0.483. The van der Waals surface area contributed by atoms with E-state index in [2.05, 4.69) is 0 Å². The molecule has 1 fully saturated rings. The minimum atomic E-state index is -0.471. The molecule has 0 spiro atoms. The lowest BCUT2D eigenvalue weighted by Gasteiger charge is -2.39. The van der Waals surface area contributed by atoms with Crippen molar-refractivity contribution in [2.45, 2.75) is 24.7 Å². The van der Waals surface area contributed by atoms with Gasteiger partial charge in [-0.2, -0.15) is 0 Å². The fraction of sp³-hybridized carbons (Fsp3) is 0.462. The van der Waals surface area contributed by atoms with Gasteiger partial charge in [-0.3, -0.25) is 4.79 Å². The van der Waals surface area contributed by atoms with Crippen LogP contribution in [0, 0.1) is 0 Å². The van der Waals surface area contributed by atoms with Crippen LogP contribution in [0.2, 0.25) is 0 Å². The molecule has 0 aromatic heterocycles. The molecule has 0 aliphatic heterocycles. The molecule has 2 rings (SSSR count). The van der Waals surface area contributed by atoms with Crippen molar-refractivity contribution in [1.29, 1.82) is 0 Å². The molecule has 3 heteroatoms. The molecule has 86 valence electrons. The number of methoxy groups -OCH3 is 2. The molecule has 1 aromatic rings. The van der Waals surface area contributed by atoms with Crippen molar-refractivity contribution in [2.75, 3.05) is 14.2 Å². The first kappa shape index (κ1) is 11.0. The number of carbonyl (C=O) groups is 1. The van der Waals surface area contributed by atoms with Gasteiger partial charge in [-0.25, -0.2) is 0 Å². The summed E-state index contributed by atoms with van der Waals surface area (Å²) in [4.78, 5) is 11.9. The molecule has 1 aromatic carbocycles. The molecule has 1 aliphatic rings. The number of carbonyl (C=O) groups excluding carboxylic acids is 1. The van der Waals surface area contributed by atoms with E-state index < -0.39 is 5.41 Å². The summed E-state index contributed by atoms with van der Waals surface area (Å²) in [5, 5.41) is 0. The van der Waals surface area contributed by atoms with Gasteiger partial charge in [-0.15, -0.1) is 0 Å². The lowest BCUT2D eigenvalue weighted by Crippen LogP contribution is -2.43. The summed E-state index contributed by atoms with van der Waals surface area (Å²) < 4.78 is 10.2. The number of para-hydroxylation sites is 1. The van der Waals surface area contributed by atoms with E-state index >= 15 is 0 Å². The van der Waals surface area contributed by atoms with Gasteiger partial charge >= 0.3 is 5.97 Å². The number of ether oxygens (including phenoxy) is 2. The summed E-state index contributed by atoms with van der Waals surface area (Å²) in [6.07, 6.45) is 2.76. The van der Waals surface area contributed by atoms with E-state index in [4.69, 9.17) is 9.47 Å². The van der Waals surface area contributed by atoms with Crippen LogP contribution in [0.1, 0.15) is 24.8 Å². The molecule has 0 atom stereocenters. The van der Waals surface area contributed by atoms with E-state index in [-0.39, 0.29) is 5.97 Å². The molecular weight excluding hydrogens is 204 g/mol. The van der Waals surface area contributed by atoms with E-state index in [0.29, 0.717) is 0 Å². The lowest BCUT2D eigenvalue weighted by molar-refractivity contribution is -0.151. The van der Waals surface area contributed by atoms with Crippen LogP contribution in [0.4, 0.5) is 0 Å². The van der Waals surface area contributed by atoms with Gasteiger partial charge in [-0.1, -0.05) is 24.6 Å². The first-order chi connectivity index (χ1) is 7.74. The van der Waals surface area contributed by atoms with Crippen LogP contribution in [-0.2, 0) is 14.9 Å². The van der Waals surface area contributed by atoms with Gasteiger partial charge in [0.15, 0.2) is 0 Å². The Balaban J connectivity index is 2.44. The monoisotopic (exact) mass is 220 g/mol. The zero-order chi connectivity index (χ0) is 11.6. The molecule has 0 bridgehead atoms. The SMILES string of the molecule is COC(=O)C1(c2ccccc2OC)CCC1. The Hall–Kier alpha value is -1.51. The van der Waals surface area contributed by atoms with Crippen molar-refractivity contribution in [3.63, 3.8) is 0 Å². The predicted octanol–water partition coefficient (Wildman–Crippen LogP) is 2.29. The highest BCUT2D eigenvalue weighted by molar-refractivity contribution is 5.85. The number of benzene rings is 1. The van der Waals surface area contributed by atoms with Gasteiger partial charge in [-0.05, 0) is 18.9 Å². The second-order valence-corrected chi connectivity index (χ2v) is 4.13. The highest BCUT2D eigenvalue weighted by atomic mass is 16.5. The molecule has 0 saturated heterocycles. The van der Waals surface area contributed by atoms with Crippen LogP contribution in [0.3, 0.4) is 0 Å². The third kappa shape index (κ3) is 1.47. The van der Waals surface area contributed by atoms with Crippen LogP contribution >= 0.6 is 0 Å². The van der Waals surface area contributed by atoms with Gasteiger partial charge in [0.1, 0.15) is 5.75 Å². The minimum absolute atomic E-state index is 0.150. The second kappa shape index (κ2) is 4.16. The molecule has 0 unspecified atom stereocenters. The van der Waals surface area contributed by atoms with Crippen LogP contribution in [-0.4, -0.2) is 20.2 Å². The van der Waals surface area contributed by atoms with Crippen molar-refractivity contribution in [1.82, 2.24) is 0 Å². The van der Waals surface area contributed by atoms with Gasteiger partial charge in [0.05, 0.1) is 19.6 Å². The summed E-state index contributed by atoms with van der Waals surface area (Å²) in [7, 11) is 3.07. The average Bonchev–Trinajstić information content (AvgIpc) is 2.28. The third-order valence-electron chi connectivity index (χ3n) is 3.41. The first-order valence-electron chi connectivity index (χ1n) is 5.46. The zero-order valence-electron chi connectivity index (χ0n) is 9.66. The maximum absolute atomic E-state index is 11.9. The van der Waals surface area contributed by atoms with E-state index in [1.807, 2.05) is 24.3 Å². The molecule has 1 saturated carbocycles. The number of esters is 1. The van der Waals surface area contributed by atoms with E-state index in [1.54, 1.807) is 7.11 Å². The summed E-state index contributed by atoms with van der Waals surface area (Å²) in [6.45, 7) is 0. The fourth-order valence-corrected chi connectivity index (χ4v) is 2.35. The maximum atomic E-state index is 11.9. The summed E-state index contributed by atoms with van der Waals surface area (Å²) in [6, 6.07) is 7.68. The second-order valence-electron chi connectivity index (χ2n) is 4.13. The minimum Gasteiger partial charge on any atom is -0.496 e. The molecule has 0 heterocycles. The highest BCUT2D eigenvalue weighted by Crippen LogP contribution is 2.47. The van der Waals surface area contributed by atoms with Crippen LogP contribution in [0.5, 0.6) is 5.75 Å².